The molecule has 0 aromatic heterocycles. The third-order valence-electron chi connectivity index (χ3n) is 3.47. The smallest absolute Gasteiger partial charge is 0.177 e. The first-order valence-corrected chi connectivity index (χ1v) is 7.71. The summed E-state index contributed by atoms with van der Waals surface area (Å²) in [4.78, 5) is 4.05. The zero-order valence-electron chi connectivity index (χ0n) is 14.5. The number of anilines is 2. The van der Waals surface area contributed by atoms with Crippen molar-refractivity contribution >= 4 is 11.4 Å². The van der Waals surface area contributed by atoms with E-state index in [0.717, 1.165) is 22.5 Å². The quantitative estimate of drug-likeness (QED) is 0.862. The van der Waals surface area contributed by atoms with Crippen LogP contribution in [0.4, 0.5) is 11.4 Å². The first-order chi connectivity index (χ1) is 11.5. The summed E-state index contributed by atoms with van der Waals surface area (Å²) in [7, 11) is 7.96. The number of benzene rings is 2. The van der Waals surface area contributed by atoms with Gasteiger partial charge in [0.1, 0.15) is 0 Å². The van der Waals surface area contributed by atoms with Crippen molar-refractivity contribution < 1.29 is 5.11 Å². The Morgan fingerprint density at radius 2 is 1.00 bits per heavy atom. The van der Waals surface area contributed by atoms with E-state index in [1.807, 2.05) is 86.5 Å². The molecular formula is C21H22N2O. The minimum atomic E-state index is -0.966. The van der Waals surface area contributed by atoms with Gasteiger partial charge >= 0.3 is 0 Å². The van der Waals surface area contributed by atoms with Gasteiger partial charge in [0.25, 0.3) is 0 Å². The standard InChI is InChI=1S/C21H22N2O/c1-22(2)19-11-5-17(6-12-19)9-15-21(24)16-10-18-7-13-20(14-8-18)23(3)4/h5-8,11-14,21,24H,1-4H3. The molecular weight excluding hydrogens is 296 g/mol. The molecule has 0 radical (unpaired) electrons. The molecule has 0 spiro atoms. The normalized spacial score (nSPS) is 9.58. The van der Waals surface area contributed by atoms with Gasteiger partial charge in [-0.2, -0.15) is 0 Å². The summed E-state index contributed by atoms with van der Waals surface area (Å²) in [6.07, 6.45) is -0.966. The Hall–Kier alpha value is -2.88. The number of aliphatic hydroxyl groups is 1. The van der Waals surface area contributed by atoms with Gasteiger partial charge in [0.15, 0.2) is 6.10 Å². The molecule has 24 heavy (non-hydrogen) atoms. The lowest BCUT2D eigenvalue weighted by Crippen LogP contribution is -2.08. The molecule has 0 aliphatic rings. The van der Waals surface area contributed by atoms with Crippen molar-refractivity contribution in [3.8, 4) is 23.7 Å². The van der Waals surface area contributed by atoms with Crippen LogP contribution in [-0.2, 0) is 0 Å². The van der Waals surface area contributed by atoms with Gasteiger partial charge < -0.3 is 14.9 Å². The SMILES string of the molecule is CN(C)c1ccc(C#CC(O)C#Cc2ccc(N(C)C)cc2)cc1. The van der Waals surface area contributed by atoms with Crippen LogP contribution < -0.4 is 9.80 Å². The van der Waals surface area contributed by atoms with Gasteiger partial charge in [0, 0.05) is 50.7 Å². The molecule has 0 saturated heterocycles. The number of rotatable bonds is 2. The molecule has 2 rings (SSSR count). The monoisotopic (exact) mass is 318 g/mol. The van der Waals surface area contributed by atoms with Crippen LogP contribution in [0.25, 0.3) is 0 Å². The van der Waals surface area contributed by atoms with Crippen molar-refractivity contribution in [2.24, 2.45) is 0 Å². The lowest BCUT2D eigenvalue weighted by atomic mass is 10.2. The van der Waals surface area contributed by atoms with E-state index in [1.54, 1.807) is 0 Å². The third kappa shape index (κ3) is 5.09. The van der Waals surface area contributed by atoms with E-state index in [9.17, 15) is 5.11 Å². The molecule has 0 bridgehead atoms. The summed E-state index contributed by atoms with van der Waals surface area (Å²) in [5.74, 6) is 11.4. The van der Waals surface area contributed by atoms with Gasteiger partial charge in [0.05, 0.1) is 0 Å². The van der Waals surface area contributed by atoms with Crippen LogP contribution in [0.1, 0.15) is 11.1 Å². The van der Waals surface area contributed by atoms with E-state index in [-0.39, 0.29) is 0 Å². The zero-order valence-corrected chi connectivity index (χ0v) is 14.5. The van der Waals surface area contributed by atoms with E-state index in [2.05, 4.69) is 23.7 Å². The molecule has 0 heterocycles. The van der Waals surface area contributed by atoms with Gasteiger partial charge in [-0.1, -0.05) is 23.7 Å². The maximum absolute atomic E-state index is 9.89. The first kappa shape index (κ1) is 17.5. The summed E-state index contributed by atoms with van der Waals surface area (Å²) in [6, 6.07) is 15.7. The third-order valence-corrected chi connectivity index (χ3v) is 3.47. The number of hydrogen-bond acceptors (Lipinski definition) is 3. The fourth-order valence-electron chi connectivity index (χ4n) is 2.03. The van der Waals surface area contributed by atoms with Crippen LogP contribution in [0.2, 0.25) is 0 Å². The molecule has 2 aromatic rings. The van der Waals surface area contributed by atoms with Crippen LogP contribution in [-0.4, -0.2) is 39.4 Å². The Bertz CT molecular complexity index is 713. The molecule has 0 aliphatic carbocycles. The zero-order chi connectivity index (χ0) is 17.5. The number of aliphatic hydroxyl groups excluding tert-OH is 1. The minimum absolute atomic E-state index is 0.858. The van der Waals surface area contributed by atoms with Gasteiger partial charge in [0.2, 0.25) is 0 Å². The van der Waals surface area contributed by atoms with Crippen molar-refractivity contribution in [2.45, 2.75) is 6.10 Å². The van der Waals surface area contributed by atoms with Crippen LogP contribution in [0.5, 0.6) is 0 Å². The molecule has 0 fully saturated rings. The number of hydrogen-bond donors (Lipinski definition) is 1. The highest BCUT2D eigenvalue weighted by Gasteiger charge is 1.96. The highest BCUT2D eigenvalue weighted by molar-refractivity contribution is 5.51. The molecule has 0 atom stereocenters. The Morgan fingerprint density at radius 1 is 0.667 bits per heavy atom. The molecule has 2 aromatic carbocycles. The maximum atomic E-state index is 9.89. The predicted molar refractivity (Wildman–Crippen MR) is 101 cm³/mol. The van der Waals surface area contributed by atoms with Crippen molar-refractivity contribution in [3.05, 3.63) is 59.7 Å². The van der Waals surface area contributed by atoms with Crippen molar-refractivity contribution in [2.75, 3.05) is 38.0 Å². The first-order valence-electron chi connectivity index (χ1n) is 7.71. The Labute approximate surface area is 144 Å². The summed E-state index contributed by atoms with van der Waals surface area (Å²) in [5, 5.41) is 9.89. The fraction of sp³-hybridized carbons (Fsp3) is 0.238. The maximum Gasteiger partial charge on any atom is 0.177 e. The molecule has 1 N–H and O–H groups in total. The largest absolute Gasteiger partial charge is 0.378 e. The van der Waals surface area contributed by atoms with Crippen molar-refractivity contribution in [1.82, 2.24) is 0 Å². The molecule has 0 amide bonds. The Balaban J connectivity index is 2.02. The van der Waals surface area contributed by atoms with Gasteiger partial charge in [-0.15, -0.1) is 0 Å². The molecule has 3 heteroatoms. The average Bonchev–Trinajstić information content (AvgIpc) is 2.58. The molecule has 3 nitrogen and oxygen atoms in total. The molecule has 0 unspecified atom stereocenters. The average molecular weight is 318 g/mol. The van der Waals surface area contributed by atoms with E-state index >= 15 is 0 Å². The second-order valence-electron chi connectivity index (χ2n) is 5.82. The molecule has 0 aliphatic heterocycles. The Morgan fingerprint density at radius 3 is 1.29 bits per heavy atom. The van der Waals surface area contributed by atoms with Crippen molar-refractivity contribution in [1.29, 1.82) is 0 Å². The van der Waals surface area contributed by atoms with E-state index < -0.39 is 6.10 Å². The summed E-state index contributed by atoms with van der Waals surface area (Å²) < 4.78 is 0. The molecule has 122 valence electrons. The van der Waals surface area contributed by atoms with E-state index in [0.29, 0.717) is 0 Å². The minimum Gasteiger partial charge on any atom is -0.378 e. The topological polar surface area (TPSA) is 26.7 Å². The highest BCUT2D eigenvalue weighted by Crippen LogP contribution is 2.12. The fourth-order valence-corrected chi connectivity index (χ4v) is 2.03. The predicted octanol–water partition coefficient (Wildman–Crippen LogP) is 2.58. The second-order valence-corrected chi connectivity index (χ2v) is 5.82. The van der Waals surface area contributed by atoms with Gasteiger partial charge in [-0.25, -0.2) is 0 Å². The van der Waals surface area contributed by atoms with Crippen molar-refractivity contribution in [3.63, 3.8) is 0 Å². The van der Waals surface area contributed by atoms with Crippen LogP contribution in [0, 0.1) is 23.7 Å². The number of nitrogens with zero attached hydrogens (tertiary/aromatic N) is 2. The Kier molecular flexibility index (Phi) is 5.90. The van der Waals surface area contributed by atoms with Gasteiger partial charge in [-0.05, 0) is 48.5 Å². The lowest BCUT2D eigenvalue weighted by Gasteiger charge is -2.11. The lowest BCUT2D eigenvalue weighted by molar-refractivity contribution is 0.289. The molecule has 0 saturated carbocycles. The van der Waals surface area contributed by atoms with E-state index in [1.165, 1.54) is 0 Å². The van der Waals surface area contributed by atoms with Crippen LogP contribution in [0.3, 0.4) is 0 Å². The van der Waals surface area contributed by atoms with Crippen LogP contribution in [0.15, 0.2) is 48.5 Å². The van der Waals surface area contributed by atoms with Crippen LogP contribution >= 0.6 is 0 Å². The van der Waals surface area contributed by atoms with Gasteiger partial charge in [-0.3, -0.25) is 0 Å². The summed E-state index contributed by atoms with van der Waals surface area (Å²) >= 11 is 0. The summed E-state index contributed by atoms with van der Waals surface area (Å²) in [5.41, 5.74) is 3.94. The highest BCUT2D eigenvalue weighted by atomic mass is 16.3. The second kappa shape index (κ2) is 8.11. The van der Waals surface area contributed by atoms with E-state index in [4.69, 9.17) is 0 Å². The summed E-state index contributed by atoms with van der Waals surface area (Å²) in [6.45, 7) is 0.